The number of ether oxygens (including phenoxy) is 2. The minimum atomic E-state index is -0.845. The van der Waals surface area contributed by atoms with Crippen molar-refractivity contribution >= 4 is 11.9 Å². The van der Waals surface area contributed by atoms with Gasteiger partial charge in [-0.3, -0.25) is 4.79 Å². The summed E-state index contributed by atoms with van der Waals surface area (Å²) in [5, 5.41) is 0. The Kier molecular flexibility index (Phi) is 4.37. The van der Waals surface area contributed by atoms with Crippen LogP contribution in [0, 0.1) is 0 Å². The van der Waals surface area contributed by atoms with Gasteiger partial charge in [0.05, 0.1) is 13.7 Å². The summed E-state index contributed by atoms with van der Waals surface area (Å²) < 4.78 is 10.7. The van der Waals surface area contributed by atoms with Crippen molar-refractivity contribution in [2.24, 2.45) is 0 Å². The van der Waals surface area contributed by atoms with Gasteiger partial charge in [-0.15, -0.1) is 0 Å². The molecule has 1 heterocycles. The van der Waals surface area contributed by atoms with E-state index in [2.05, 4.69) is 0 Å². The van der Waals surface area contributed by atoms with Crippen LogP contribution in [0.25, 0.3) is 0 Å². The number of benzene rings is 1. The molecule has 0 atom stereocenters. The Labute approximate surface area is 135 Å². The molecule has 5 heteroatoms. The minimum absolute atomic E-state index is 0.166. The van der Waals surface area contributed by atoms with Gasteiger partial charge in [0.25, 0.3) is 5.91 Å². The van der Waals surface area contributed by atoms with E-state index in [1.165, 1.54) is 13.2 Å². The molecule has 1 aromatic rings. The molecule has 1 saturated carbocycles. The van der Waals surface area contributed by atoms with Gasteiger partial charge in [-0.2, -0.15) is 0 Å². The van der Waals surface area contributed by atoms with Gasteiger partial charge in [0.2, 0.25) is 0 Å². The zero-order valence-electron chi connectivity index (χ0n) is 13.3. The highest BCUT2D eigenvalue weighted by Gasteiger charge is 2.51. The topological polar surface area (TPSA) is 55.8 Å². The Hall–Kier alpha value is -2.30. The van der Waals surface area contributed by atoms with Crippen molar-refractivity contribution in [3.63, 3.8) is 0 Å². The molecular weight excluding hydrogens is 294 g/mol. The molecule has 0 unspecified atom stereocenters. The van der Waals surface area contributed by atoms with Gasteiger partial charge in [-0.05, 0) is 18.4 Å². The second kappa shape index (κ2) is 6.44. The maximum atomic E-state index is 12.8. The number of hydrogen-bond donors (Lipinski definition) is 0. The number of carbonyl (C=O) groups is 2. The van der Waals surface area contributed by atoms with Crippen LogP contribution in [0.5, 0.6) is 0 Å². The lowest BCUT2D eigenvalue weighted by atomic mass is 9.95. The summed E-state index contributed by atoms with van der Waals surface area (Å²) in [6.45, 7) is 0.573. The third-order valence-corrected chi connectivity index (χ3v) is 4.67. The highest BCUT2D eigenvalue weighted by atomic mass is 16.5. The van der Waals surface area contributed by atoms with Gasteiger partial charge in [0, 0.05) is 6.08 Å². The summed E-state index contributed by atoms with van der Waals surface area (Å²) in [4.78, 5) is 26.7. The molecule has 1 amide bonds. The Morgan fingerprint density at radius 2 is 1.91 bits per heavy atom. The van der Waals surface area contributed by atoms with Crippen molar-refractivity contribution in [3.8, 4) is 0 Å². The zero-order valence-corrected chi connectivity index (χ0v) is 13.3. The standard InChI is InChI=1S/C18H21NO4/c1-22-15-11-16(20)19(12-15)18(9-5-6-10-18)17(21)23-13-14-7-3-2-4-8-14/h2-4,7-8,11H,5-6,9-10,12-13H2,1H3. The van der Waals surface area contributed by atoms with Crippen molar-refractivity contribution in [2.75, 3.05) is 13.7 Å². The summed E-state index contributed by atoms with van der Waals surface area (Å²) in [5.41, 5.74) is 0.0975. The smallest absolute Gasteiger partial charge is 0.332 e. The predicted molar refractivity (Wildman–Crippen MR) is 84.2 cm³/mol. The molecule has 122 valence electrons. The molecular formula is C18H21NO4. The number of amides is 1. The lowest BCUT2D eigenvalue weighted by Crippen LogP contribution is -2.54. The third-order valence-electron chi connectivity index (χ3n) is 4.67. The molecule has 0 N–H and O–H groups in total. The van der Waals surface area contributed by atoms with E-state index in [-0.39, 0.29) is 18.5 Å². The molecule has 0 aromatic heterocycles. The normalized spacial score (nSPS) is 19.6. The monoisotopic (exact) mass is 315 g/mol. The summed E-state index contributed by atoms with van der Waals surface area (Å²) in [6.07, 6.45) is 4.61. The molecule has 0 saturated heterocycles. The van der Waals surface area contributed by atoms with E-state index in [1.54, 1.807) is 4.90 Å². The average Bonchev–Trinajstić information content (AvgIpc) is 3.21. The van der Waals surface area contributed by atoms with Crippen LogP contribution in [0.1, 0.15) is 31.2 Å². The molecule has 1 aliphatic heterocycles. The Balaban J connectivity index is 1.73. The molecule has 5 nitrogen and oxygen atoms in total. The molecule has 3 rings (SSSR count). The summed E-state index contributed by atoms with van der Waals surface area (Å²) in [7, 11) is 1.54. The van der Waals surface area contributed by atoms with Crippen LogP contribution in [-0.2, 0) is 25.7 Å². The highest BCUT2D eigenvalue weighted by Crippen LogP contribution is 2.39. The maximum Gasteiger partial charge on any atom is 0.332 e. The van der Waals surface area contributed by atoms with E-state index in [9.17, 15) is 9.59 Å². The molecule has 1 aliphatic carbocycles. The van der Waals surface area contributed by atoms with E-state index in [1.807, 2.05) is 30.3 Å². The Morgan fingerprint density at radius 1 is 1.22 bits per heavy atom. The van der Waals surface area contributed by atoms with Gasteiger partial charge < -0.3 is 14.4 Å². The second-order valence-corrected chi connectivity index (χ2v) is 6.04. The van der Waals surface area contributed by atoms with Crippen molar-refractivity contribution in [1.29, 1.82) is 0 Å². The van der Waals surface area contributed by atoms with Gasteiger partial charge in [0.1, 0.15) is 17.9 Å². The van der Waals surface area contributed by atoms with Crippen LogP contribution in [0.15, 0.2) is 42.2 Å². The number of esters is 1. The number of carbonyl (C=O) groups excluding carboxylic acids is 2. The first-order chi connectivity index (χ1) is 11.2. The van der Waals surface area contributed by atoms with Crippen LogP contribution in [0.3, 0.4) is 0 Å². The molecule has 23 heavy (non-hydrogen) atoms. The molecule has 1 aromatic carbocycles. The van der Waals surface area contributed by atoms with Crippen LogP contribution < -0.4 is 0 Å². The average molecular weight is 315 g/mol. The summed E-state index contributed by atoms with van der Waals surface area (Å²) in [6, 6.07) is 9.57. The lowest BCUT2D eigenvalue weighted by molar-refractivity contribution is -0.163. The number of methoxy groups -OCH3 is 1. The summed E-state index contributed by atoms with van der Waals surface area (Å²) >= 11 is 0. The molecule has 2 aliphatic rings. The summed E-state index contributed by atoms with van der Waals surface area (Å²) in [5.74, 6) is 0.121. The first-order valence-electron chi connectivity index (χ1n) is 7.93. The van der Waals surface area contributed by atoms with Crippen molar-refractivity contribution in [2.45, 2.75) is 37.8 Å². The van der Waals surface area contributed by atoms with Crippen molar-refractivity contribution < 1.29 is 19.1 Å². The molecule has 0 radical (unpaired) electrons. The fourth-order valence-electron chi connectivity index (χ4n) is 3.38. The fraction of sp³-hybridized carbons (Fsp3) is 0.444. The van der Waals surface area contributed by atoms with E-state index >= 15 is 0 Å². The molecule has 1 fully saturated rings. The number of nitrogens with zero attached hydrogens (tertiary/aromatic N) is 1. The van der Waals surface area contributed by atoms with E-state index < -0.39 is 5.54 Å². The fourth-order valence-corrected chi connectivity index (χ4v) is 3.38. The van der Waals surface area contributed by atoms with Crippen LogP contribution in [0.2, 0.25) is 0 Å². The van der Waals surface area contributed by atoms with Crippen LogP contribution >= 0.6 is 0 Å². The highest BCUT2D eigenvalue weighted by molar-refractivity contribution is 5.96. The maximum absolute atomic E-state index is 12.8. The number of hydrogen-bond acceptors (Lipinski definition) is 4. The lowest BCUT2D eigenvalue weighted by Gasteiger charge is -2.36. The van der Waals surface area contributed by atoms with Gasteiger partial charge >= 0.3 is 5.97 Å². The molecule has 0 spiro atoms. The zero-order chi connectivity index (χ0) is 16.3. The Bertz CT molecular complexity index is 617. The van der Waals surface area contributed by atoms with Crippen LogP contribution in [0.4, 0.5) is 0 Å². The quantitative estimate of drug-likeness (QED) is 0.783. The SMILES string of the molecule is COC1=CC(=O)N(C2(C(=O)OCc3ccccc3)CCCC2)C1. The van der Waals surface area contributed by atoms with Gasteiger partial charge in [-0.25, -0.2) is 4.79 Å². The first kappa shape index (κ1) is 15.6. The first-order valence-corrected chi connectivity index (χ1v) is 7.93. The van der Waals surface area contributed by atoms with E-state index in [0.717, 1.165) is 18.4 Å². The van der Waals surface area contributed by atoms with Crippen molar-refractivity contribution in [3.05, 3.63) is 47.7 Å². The number of rotatable bonds is 5. The predicted octanol–water partition coefficient (Wildman–Crippen LogP) is 2.42. The van der Waals surface area contributed by atoms with Gasteiger partial charge in [-0.1, -0.05) is 43.2 Å². The Morgan fingerprint density at radius 3 is 2.52 bits per heavy atom. The van der Waals surface area contributed by atoms with E-state index in [4.69, 9.17) is 9.47 Å². The van der Waals surface area contributed by atoms with Gasteiger partial charge in [0.15, 0.2) is 0 Å². The third kappa shape index (κ3) is 2.96. The second-order valence-electron chi connectivity index (χ2n) is 6.04. The minimum Gasteiger partial charge on any atom is -0.499 e. The molecule has 0 bridgehead atoms. The van der Waals surface area contributed by atoms with Crippen molar-refractivity contribution in [1.82, 2.24) is 4.90 Å². The van der Waals surface area contributed by atoms with E-state index in [0.29, 0.717) is 25.1 Å². The largest absolute Gasteiger partial charge is 0.499 e. The van der Waals surface area contributed by atoms with Crippen LogP contribution in [-0.4, -0.2) is 36.0 Å².